The van der Waals surface area contributed by atoms with Gasteiger partial charge in [-0.2, -0.15) is 0 Å². The van der Waals surface area contributed by atoms with Crippen molar-refractivity contribution in [1.82, 2.24) is 0 Å². The number of ketones is 1. The molecule has 0 unspecified atom stereocenters. The van der Waals surface area contributed by atoms with Gasteiger partial charge in [0.1, 0.15) is 0 Å². The SMILES string of the molecule is CC1=CS[C@H]2C[C@]1(C)C(C(=O)c1ccccc1)=Cc1ccccc12. The van der Waals surface area contributed by atoms with Crippen LogP contribution in [0.2, 0.25) is 0 Å². The molecule has 1 nitrogen and oxygen atoms in total. The molecule has 0 amide bonds. The zero-order valence-electron chi connectivity index (χ0n) is 14.0. The molecule has 2 aliphatic rings. The highest BCUT2D eigenvalue weighted by atomic mass is 32.2. The van der Waals surface area contributed by atoms with Crippen LogP contribution in [-0.4, -0.2) is 5.78 Å². The minimum Gasteiger partial charge on any atom is -0.289 e. The van der Waals surface area contributed by atoms with E-state index in [1.54, 1.807) is 0 Å². The van der Waals surface area contributed by atoms with E-state index in [1.807, 2.05) is 42.1 Å². The summed E-state index contributed by atoms with van der Waals surface area (Å²) in [6, 6.07) is 18.1. The molecular weight excluding hydrogens is 312 g/mol. The molecule has 2 heteroatoms. The van der Waals surface area contributed by atoms with Crippen molar-refractivity contribution in [2.75, 3.05) is 0 Å². The van der Waals surface area contributed by atoms with Gasteiger partial charge in [0.05, 0.1) is 0 Å². The maximum Gasteiger partial charge on any atom is 0.189 e. The van der Waals surface area contributed by atoms with E-state index in [9.17, 15) is 4.79 Å². The number of benzene rings is 2. The summed E-state index contributed by atoms with van der Waals surface area (Å²) in [6.07, 6.45) is 3.11. The molecule has 120 valence electrons. The second kappa shape index (κ2) is 5.78. The van der Waals surface area contributed by atoms with Crippen LogP contribution in [0.1, 0.15) is 47.0 Å². The molecule has 24 heavy (non-hydrogen) atoms. The summed E-state index contributed by atoms with van der Waals surface area (Å²) in [5.74, 6) is 0.146. The fourth-order valence-electron chi connectivity index (χ4n) is 3.71. The Balaban J connectivity index is 1.92. The summed E-state index contributed by atoms with van der Waals surface area (Å²) in [5, 5.41) is 2.66. The first-order valence-corrected chi connectivity index (χ1v) is 9.27. The van der Waals surface area contributed by atoms with Crippen LogP contribution in [0.25, 0.3) is 6.08 Å². The van der Waals surface area contributed by atoms with Gasteiger partial charge in [-0.3, -0.25) is 4.79 Å². The van der Waals surface area contributed by atoms with E-state index in [1.165, 1.54) is 16.7 Å². The smallest absolute Gasteiger partial charge is 0.189 e. The number of fused-ring (bicyclic) bond motifs is 4. The molecule has 0 saturated carbocycles. The largest absolute Gasteiger partial charge is 0.289 e. The molecule has 1 aliphatic carbocycles. The van der Waals surface area contributed by atoms with Crippen LogP contribution >= 0.6 is 11.8 Å². The number of allylic oxidation sites excluding steroid dienone is 2. The van der Waals surface area contributed by atoms with Gasteiger partial charge in [0.2, 0.25) is 0 Å². The van der Waals surface area contributed by atoms with Crippen LogP contribution in [0.4, 0.5) is 0 Å². The van der Waals surface area contributed by atoms with Crippen molar-refractivity contribution in [2.24, 2.45) is 5.41 Å². The number of hydrogen-bond donors (Lipinski definition) is 0. The van der Waals surface area contributed by atoms with Gasteiger partial charge in [0.25, 0.3) is 0 Å². The average molecular weight is 332 g/mol. The van der Waals surface area contributed by atoms with Crippen LogP contribution in [0.15, 0.2) is 71.2 Å². The Labute approximate surface area is 147 Å². The van der Waals surface area contributed by atoms with Crippen molar-refractivity contribution in [3.05, 3.63) is 87.8 Å². The van der Waals surface area contributed by atoms with E-state index in [0.29, 0.717) is 5.25 Å². The zero-order chi connectivity index (χ0) is 16.7. The van der Waals surface area contributed by atoms with Gasteiger partial charge in [0, 0.05) is 21.8 Å². The second-order valence-corrected chi connectivity index (χ2v) is 7.92. The quantitative estimate of drug-likeness (QED) is 0.622. The maximum absolute atomic E-state index is 13.3. The fourth-order valence-corrected chi connectivity index (χ4v) is 5.13. The van der Waals surface area contributed by atoms with Gasteiger partial charge >= 0.3 is 0 Å². The van der Waals surface area contributed by atoms with Crippen LogP contribution in [0.5, 0.6) is 0 Å². The molecule has 0 spiro atoms. The molecule has 2 aromatic carbocycles. The van der Waals surface area contributed by atoms with Crippen LogP contribution < -0.4 is 0 Å². The van der Waals surface area contributed by atoms with Gasteiger partial charge < -0.3 is 0 Å². The topological polar surface area (TPSA) is 17.1 Å². The molecule has 0 N–H and O–H groups in total. The summed E-state index contributed by atoms with van der Waals surface area (Å²) in [7, 11) is 0. The fraction of sp³-hybridized carbons (Fsp3) is 0.227. The third-order valence-corrected chi connectivity index (χ3v) is 6.63. The summed E-state index contributed by atoms with van der Waals surface area (Å²) >= 11 is 1.88. The predicted octanol–water partition coefficient (Wildman–Crippen LogP) is 6.05. The predicted molar refractivity (Wildman–Crippen MR) is 102 cm³/mol. The summed E-state index contributed by atoms with van der Waals surface area (Å²) in [4.78, 5) is 13.3. The first kappa shape index (κ1) is 15.5. The Bertz CT molecular complexity index is 863. The van der Waals surface area contributed by atoms with E-state index in [0.717, 1.165) is 17.6 Å². The third kappa shape index (κ3) is 2.37. The standard InChI is InChI=1S/C22H20OS/c1-15-14-24-20-13-22(15,2)19(12-17-10-6-7-11-18(17)20)21(23)16-8-4-3-5-9-16/h3-12,14,20H,13H2,1-2H3/t20-,22-/m0/s1. The van der Waals surface area contributed by atoms with Crippen molar-refractivity contribution < 1.29 is 4.79 Å². The lowest BCUT2D eigenvalue weighted by molar-refractivity contribution is 0.101. The van der Waals surface area contributed by atoms with Crippen molar-refractivity contribution in [1.29, 1.82) is 0 Å². The number of Topliss-reactive ketones (excluding diaryl/α,β-unsaturated/α-hetero) is 1. The van der Waals surface area contributed by atoms with Crippen LogP contribution in [0.3, 0.4) is 0 Å². The summed E-state index contributed by atoms with van der Waals surface area (Å²) < 4.78 is 0. The second-order valence-electron chi connectivity index (χ2n) is 6.84. The minimum absolute atomic E-state index is 0.146. The van der Waals surface area contributed by atoms with E-state index < -0.39 is 0 Å². The monoisotopic (exact) mass is 332 g/mol. The molecule has 0 saturated heterocycles. The zero-order valence-corrected chi connectivity index (χ0v) is 14.8. The number of thioether (sulfide) groups is 1. The van der Waals surface area contributed by atoms with Crippen molar-refractivity contribution in [3.63, 3.8) is 0 Å². The van der Waals surface area contributed by atoms with E-state index in [-0.39, 0.29) is 11.2 Å². The highest BCUT2D eigenvalue weighted by Crippen LogP contribution is 2.56. The van der Waals surface area contributed by atoms with Crippen molar-refractivity contribution in [2.45, 2.75) is 25.5 Å². The number of carbonyl (C=O) groups excluding carboxylic acids is 1. The molecule has 0 fully saturated rings. The molecule has 1 heterocycles. The molecule has 2 atom stereocenters. The lowest BCUT2D eigenvalue weighted by Crippen LogP contribution is -2.28. The molecule has 1 aliphatic heterocycles. The Morgan fingerprint density at radius 1 is 1.08 bits per heavy atom. The molecular formula is C22H20OS. The minimum atomic E-state index is -0.206. The summed E-state index contributed by atoms with van der Waals surface area (Å²) in [6.45, 7) is 4.38. The van der Waals surface area contributed by atoms with Gasteiger partial charge in [-0.15, -0.1) is 11.8 Å². The Morgan fingerprint density at radius 2 is 1.79 bits per heavy atom. The Kier molecular flexibility index (Phi) is 3.73. The molecule has 0 aromatic heterocycles. The highest BCUT2D eigenvalue weighted by molar-refractivity contribution is 8.02. The molecule has 2 aromatic rings. The van der Waals surface area contributed by atoms with E-state index in [2.05, 4.69) is 49.6 Å². The number of carbonyl (C=O) groups is 1. The Morgan fingerprint density at radius 3 is 2.58 bits per heavy atom. The van der Waals surface area contributed by atoms with Crippen LogP contribution in [0, 0.1) is 5.41 Å². The average Bonchev–Trinajstić information content (AvgIpc) is 2.72. The van der Waals surface area contributed by atoms with Gasteiger partial charge in [0.15, 0.2) is 5.78 Å². The summed E-state index contributed by atoms with van der Waals surface area (Å²) in [5.41, 5.74) is 5.29. The number of rotatable bonds is 2. The maximum atomic E-state index is 13.3. The van der Waals surface area contributed by atoms with Gasteiger partial charge in [-0.05, 0) is 36.0 Å². The first-order chi connectivity index (χ1) is 11.6. The lowest BCUT2D eigenvalue weighted by Gasteiger charge is -2.38. The Hall–Kier alpha value is -2.06. The van der Waals surface area contributed by atoms with Crippen molar-refractivity contribution in [3.8, 4) is 0 Å². The highest BCUT2D eigenvalue weighted by Gasteiger charge is 2.42. The van der Waals surface area contributed by atoms with E-state index >= 15 is 0 Å². The molecule has 2 bridgehead atoms. The normalized spacial score (nSPS) is 25.2. The number of hydrogen-bond acceptors (Lipinski definition) is 2. The third-order valence-electron chi connectivity index (χ3n) is 5.39. The van der Waals surface area contributed by atoms with Gasteiger partial charge in [-0.1, -0.05) is 67.1 Å². The molecule has 0 radical (unpaired) electrons. The molecule has 4 rings (SSSR count). The lowest BCUT2D eigenvalue weighted by atomic mass is 9.71. The van der Waals surface area contributed by atoms with Crippen molar-refractivity contribution >= 4 is 23.6 Å². The van der Waals surface area contributed by atoms with Gasteiger partial charge in [-0.25, -0.2) is 0 Å². The van der Waals surface area contributed by atoms with E-state index in [4.69, 9.17) is 0 Å². The van der Waals surface area contributed by atoms with Crippen LogP contribution in [-0.2, 0) is 0 Å². The first-order valence-electron chi connectivity index (χ1n) is 8.33.